The highest BCUT2D eigenvalue weighted by Crippen LogP contribution is 2.39. The molecule has 0 radical (unpaired) electrons. The van der Waals surface area contributed by atoms with Gasteiger partial charge in [-0.1, -0.05) is 51.8 Å². The van der Waals surface area contributed by atoms with Crippen molar-refractivity contribution in [1.82, 2.24) is 5.32 Å². The molecule has 0 fully saturated rings. The van der Waals surface area contributed by atoms with Crippen LogP contribution in [0.2, 0.25) is 0 Å². The monoisotopic (exact) mass is 289 g/mol. The van der Waals surface area contributed by atoms with Crippen molar-refractivity contribution in [1.29, 1.82) is 0 Å². The SMILES string of the molecule is CCCCC(CC)(CNCC)CC1Cc2ccccc2O1. The van der Waals surface area contributed by atoms with Crippen molar-refractivity contribution in [3.8, 4) is 5.75 Å². The Kier molecular flexibility index (Phi) is 6.10. The fourth-order valence-corrected chi connectivity index (χ4v) is 3.50. The topological polar surface area (TPSA) is 21.3 Å². The summed E-state index contributed by atoms with van der Waals surface area (Å²) >= 11 is 0. The second-order valence-corrected chi connectivity index (χ2v) is 6.49. The fraction of sp³-hybridized carbons (Fsp3) is 0.684. The third-order valence-corrected chi connectivity index (χ3v) is 4.94. The number of fused-ring (bicyclic) bond motifs is 1. The summed E-state index contributed by atoms with van der Waals surface area (Å²) in [7, 11) is 0. The maximum Gasteiger partial charge on any atom is 0.123 e. The number of ether oxygens (including phenoxy) is 1. The van der Waals surface area contributed by atoms with Crippen LogP contribution in [-0.4, -0.2) is 19.2 Å². The van der Waals surface area contributed by atoms with E-state index in [2.05, 4.69) is 50.4 Å². The van der Waals surface area contributed by atoms with Gasteiger partial charge in [0, 0.05) is 13.0 Å². The molecule has 0 spiro atoms. The van der Waals surface area contributed by atoms with Gasteiger partial charge in [-0.15, -0.1) is 0 Å². The summed E-state index contributed by atoms with van der Waals surface area (Å²) in [4.78, 5) is 0. The van der Waals surface area contributed by atoms with Gasteiger partial charge in [0.2, 0.25) is 0 Å². The van der Waals surface area contributed by atoms with Gasteiger partial charge in [-0.25, -0.2) is 0 Å². The molecule has 0 amide bonds. The van der Waals surface area contributed by atoms with Crippen LogP contribution in [0.3, 0.4) is 0 Å². The zero-order valence-electron chi connectivity index (χ0n) is 14.0. The van der Waals surface area contributed by atoms with E-state index in [0.717, 1.165) is 25.3 Å². The average Bonchev–Trinajstić information content (AvgIpc) is 2.92. The zero-order chi connectivity index (χ0) is 15.1. The molecule has 118 valence electrons. The third-order valence-electron chi connectivity index (χ3n) is 4.94. The van der Waals surface area contributed by atoms with E-state index in [0.29, 0.717) is 11.5 Å². The van der Waals surface area contributed by atoms with E-state index in [1.807, 2.05) is 0 Å². The second kappa shape index (κ2) is 7.84. The molecule has 0 saturated carbocycles. The minimum absolute atomic E-state index is 0.359. The lowest BCUT2D eigenvalue weighted by molar-refractivity contribution is 0.116. The van der Waals surface area contributed by atoms with Crippen molar-refractivity contribution in [2.75, 3.05) is 13.1 Å². The summed E-state index contributed by atoms with van der Waals surface area (Å²) in [6.07, 6.45) is 7.75. The van der Waals surface area contributed by atoms with Crippen molar-refractivity contribution >= 4 is 0 Å². The van der Waals surface area contributed by atoms with E-state index in [1.54, 1.807) is 0 Å². The largest absolute Gasteiger partial charge is 0.490 e. The molecule has 2 nitrogen and oxygen atoms in total. The van der Waals surface area contributed by atoms with Crippen molar-refractivity contribution in [3.05, 3.63) is 29.8 Å². The minimum atomic E-state index is 0.359. The minimum Gasteiger partial charge on any atom is -0.490 e. The molecule has 2 rings (SSSR count). The molecule has 2 heteroatoms. The van der Waals surface area contributed by atoms with Gasteiger partial charge in [0.25, 0.3) is 0 Å². The van der Waals surface area contributed by atoms with Crippen LogP contribution in [0.25, 0.3) is 0 Å². The molecule has 1 aliphatic rings. The first-order valence-electron chi connectivity index (χ1n) is 8.68. The molecular formula is C19H31NO. The first-order valence-corrected chi connectivity index (χ1v) is 8.68. The standard InChI is InChI=1S/C19H31NO/c1-4-7-12-19(5-2,15-20-6-3)14-17-13-16-10-8-9-11-18(16)21-17/h8-11,17,20H,4-7,12-15H2,1-3H3. The lowest BCUT2D eigenvalue weighted by Crippen LogP contribution is -2.38. The Morgan fingerprint density at radius 3 is 2.71 bits per heavy atom. The number of unbranched alkanes of at least 4 members (excludes halogenated alkanes) is 1. The molecule has 0 aliphatic carbocycles. The molecule has 1 N–H and O–H groups in total. The summed E-state index contributed by atoms with van der Waals surface area (Å²) in [5.74, 6) is 1.10. The zero-order valence-corrected chi connectivity index (χ0v) is 14.0. The van der Waals surface area contributed by atoms with Gasteiger partial charge >= 0.3 is 0 Å². The van der Waals surface area contributed by atoms with E-state index in [4.69, 9.17) is 4.74 Å². The van der Waals surface area contributed by atoms with Gasteiger partial charge in [-0.05, 0) is 42.9 Å². The maximum atomic E-state index is 6.20. The highest BCUT2D eigenvalue weighted by atomic mass is 16.5. The quantitative estimate of drug-likeness (QED) is 0.718. The molecule has 1 heterocycles. The smallest absolute Gasteiger partial charge is 0.123 e. The van der Waals surface area contributed by atoms with Crippen LogP contribution < -0.4 is 10.1 Å². The van der Waals surface area contributed by atoms with Crippen molar-refractivity contribution < 1.29 is 4.74 Å². The van der Waals surface area contributed by atoms with E-state index in [1.165, 1.54) is 37.7 Å². The molecule has 1 aromatic rings. The van der Waals surface area contributed by atoms with E-state index in [9.17, 15) is 0 Å². The van der Waals surface area contributed by atoms with Gasteiger partial charge in [-0.3, -0.25) is 0 Å². The first kappa shape index (κ1) is 16.4. The summed E-state index contributed by atoms with van der Waals surface area (Å²) < 4.78 is 6.20. The highest BCUT2D eigenvalue weighted by Gasteiger charge is 2.34. The van der Waals surface area contributed by atoms with Crippen LogP contribution in [0.4, 0.5) is 0 Å². The predicted molar refractivity (Wildman–Crippen MR) is 90.0 cm³/mol. The lowest BCUT2D eigenvalue weighted by atomic mass is 9.75. The maximum absolute atomic E-state index is 6.20. The summed E-state index contributed by atoms with van der Waals surface area (Å²) in [5, 5.41) is 3.59. The molecule has 0 bridgehead atoms. The Morgan fingerprint density at radius 1 is 1.24 bits per heavy atom. The first-order chi connectivity index (χ1) is 10.2. The van der Waals surface area contributed by atoms with Crippen molar-refractivity contribution in [2.45, 2.75) is 65.4 Å². The number of nitrogens with one attached hydrogen (secondary N) is 1. The van der Waals surface area contributed by atoms with E-state index in [-0.39, 0.29) is 0 Å². The molecule has 0 aromatic heterocycles. The number of rotatable bonds is 9. The van der Waals surface area contributed by atoms with Crippen LogP contribution in [0.5, 0.6) is 5.75 Å². The van der Waals surface area contributed by atoms with Crippen LogP contribution in [-0.2, 0) is 6.42 Å². The fourth-order valence-electron chi connectivity index (χ4n) is 3.50. The normalized spacial score (nSPS) is 19.9. The Balaban J connectivity index is 2.01. The van der Waals surface area contributed by atoms with Gasteiger partial charge in [0.05, 0.1) is 0 Å². The Bertz CT molecular complexity index is 396. The summed E-state index contributed by atoms with van der Waals surface area (Å²) in [6.45, 7) is 9.00. The lowest BCUT2D eigenvalue weighted by Gasteiger charge is -2.35. The summed E-state index contributed by atoms with van der Waals surface area (Å²) in [5.41, 5.74) is 1.77. The number of para-hydroxylation sites is 1. The van der Waals surface area contributed by atoms with Crippen LogP contribution in [0.15, 0.2) is 24.3 Å². The Morgan fingerprint density at radius 2 is 2.05 bits per heavy atom. The van der Waals surface area contributed by atoms with Crippen molar-refractivity contribution in [2.24, 2.45) is 5.41 Å². The van der Waals surface area contributed by atoms with E-state index >= 15 is 0 Å². The number of hydrogen-bond acceptors (Lipinski definition) is 2. The molecule has 2 atom stereocenters. The highest BCUT2D eigenvalue weighted by molar-refractivity contribution is 5.37. The van der Waals surface area contributed by atoms with Crippen LogP contribution >= 0.6 is 0 Å². The molecule has 1 aromatic carbocycles. The molecule has 21 heavy (non-hydrogen) atoms. The molecular weight excluding hydrogens is 258 g/mol. The molecule has 1 aliphatic heterocycles. The van der Waals surface area contributed by atoms with Gasteiger partial charge in [0.15, 0.2) is 0 Å². The Hall–Kier alpha value is -1.02. The predicted octanol–water partition coefficient (Wildman–Crippen LogP) is 4.58. The van der Waals surface area contributed by atoms with Gasteiger partial charge < -0.3 is 10.1 Å². The average molecular weight is 289 g/mol. The van der Waals surface area contributed by atoms with Crippen LogP contribution in [0.1, 0.15) is 58.4 Å². The van der Waals surface area contributed by atoms with Gasteiger partial charge in [0.1, 0.15) is 11.9 Å². The molecule has 2 unspecified atom stereocenters. The summed E-state index contributed by atoms with van der Waals surface area (Å²) in [6, 6.07) is 8.51. The second-order valence-electron chi connectivity index (χ2n) is 6.49. The third kappa shape index (κ3) is 4.23. The molecule has 0 saturated heterocycles. The van der Waals surface area contributed by atoms with Crippen molar-refractivity contribution in [3.63, 3.8) is 0 Å². The number of hydrogen-bond donors (Lipinski definition) is 1. The van der Waals surface area contributed by atoms with E-state index < -0.39 is 0 Å². The van der Waals surface area contributed by atoms with Crippen LogP contribution in [0, 0.1) is 5.41 Å². The van der Waals surface area contributed by atoms with Gasteiger partial charge in [-0.2, -0.15) is 0 Å². The number of benzene rings is 1. The Labute approximate surface area is 130 Å².